The lowest BCUT2D eigenvalue weighted by Crippen LogP contribution is -2.34. The van der Waals surface area contributed by atoms with Gasteiger partial charge in [-0.1, -0.05) is 18.2 Å². The minimum Gasteiger partial charge on any atom is -0.493 e. The van der Waals surface area contributed by atoms with Crippen molar-refractivity contribution in [2.45, 2.75) is 63.8 Å². The quantitative estimate of drug-likeness (QED) is 0.109. The SMILES string of the molecule is COc1cc(CNCc2ccc3cc(C(=O)NO)sc3c2)ccc1OCCC[C@H](N)C(=O)OC1CCCC1. The zero-order valence-corrected chi connectivity index (χ0v) is 22.4. The van der Waals surface area contributed by atoms with Crippen LogP contribution in [0.15, 0.2) is 42.5 Å². The second kappa shape index (κ2) is 13.6. The highest BCUT2D eigenvalue weighted by molar-refractivity contribution is 7.20. The van der Waals surface area contributed by atoms with Gasteiger partial charge in [-0.05, 0) is 79.3 Å². The van der Waals surface area contributed by atoms with Crippen LogP contribution in [-0.2, 0) is 22.6 Å². The first-order valence-corrected chi connectivity index (χ1v) is 13.7. The molecule has 3 aromatic rings. The molecule has 0 saturated heterocycles. The lowest BCUT2D eigenvalue weighted by Gasteiger charge is -2.16. The van der Waals surface area contributed by atoms with Crippen molar-refractivity contribution < 1.29 is 29.0 Å². The Hall–Kier alpha value is -3.18. The van der Waals surface area contributed by atoms with Gasteiger partial charge in [-0.3, -0.25) is 14.8 Å². The number of esters is 1. The van der Waals surface area contributed by atoms with Crippen LogP contribution >= 0.6 is 11.3 Å². The molecule has 9 nitrogen and oxygen atoms in total. The number of carbonyl (C=O) groups is 2. The fourth-order valence-electron chi connectivity index (χ4n) is 4.51. The molecule has 4 rings (SSSR count). The van der Waals surface area contributed by atoms with Crippen molar-refractivity contribution in [2.75, 3.05) is 13.7 Å². The normalized spacial score (nSPS) is 14.4. The summed E-state index contributed by atoms with van der Waals surface area (Å²) in [4.78, 5) is 24.2. The largest absolute Gasteiger partial charge is 0.493 e. The molecule has 2 aromatic carbocycles. The minimum absolute atomic E-state index is 0.0297. The lowest BCUT2D eigenvalue weighted by molar-refractivity contribution is -0.150. The zero-order chi connectivity index (χ0) is 26.9. The van der Waals surface area contributed by atoms with E-state index in [4.69, 9.17) is 25.2 Å². The van der Waals surface area contributed by atoms with Gasteiger partial charge in [0.2, 0.25) is 0 Å². The van der Waals surface area contributed by atoms with E-state index in [1.807, 2.05) is 36.4 Å². The number of hydrogen-bond donors (Lipinski definition) is 4. The van der Waals surface area contributed by atoms with Gasteiger partial charge in [0.25, 0.3) is 5.91 Å². The van der Waals surface area contributed by atoms with Crippen LogP contribution in [0.4, 0.5) is 0 Å². The van der Waals surface area contributed by atoms with E-state index in [1.54, 1.807) is 18.7 Å². The monoisotopic (exact) mass is 541 g/mol. The molecule has 10 heteroatoms. The van der Waals surface area contributed by atoms with Gasteiger partial charge in [-0.2, -0.15) is 0 Å². The number of ether oxygens (including phenoxy) is 3. The van der Waals surface area contributed by atoms with Gasteiger partial charge in [-0.15, -0.1) is 11.3 Å². The van der Waals surface area contributed by atoms with Crippen LogP contribution in [0.2, 0.25) is 0 Å². The molecule has 38 heavy (non-hydrogen) atoms. The van der Waals surface area contributed by atoms with E-state index < -0.39 is 11.9 Å². The van der Waals surface area contributed by atoms with E-state index in [-0.39, 0.29) is 12.1 Å². The van der Waals surface area contributed by atoms with Gasteiger partial charge in [0.15, 0.2) is 11.5 Å². The van der Waals surface area contributed by atoms with Crippen LogP contribution in [0.3, 0.4) is 0 Å². The zero-order valence-electron chi connectivity index (χ0n) is 21.5. The first-order valence-electron chi connectivity index (χ1n) is 12.9. The van der Waals surface area contributed by atoms with E-state index in [0.717, 1.165) is 46.9 Å². The smallest absolute Gasteiger partial charge is 0.323 e. The minimum atomic E-state index is -0.628. The summed E-state index contributed by atoms with van der Waals surface area (Å²) in [6, 6.07) is 13.0. The van der Waals surface area contributed by atoms with Crippen molar-refractivity contribution in [3.63, 3.8) is 0 Å². The van der Waals surface area contributed by atoms with E-state index in [9.17, 15) is 9.59 Å². The predicted molar refractivity (Wildman–Crippen MR) is 146 cm³/mol. The van der Waals surface area contributed by atoms with Gasteiger partial charge in [0, 0.05) is 17.8 Å². The van der Waals surface area contributed by atoms with Crippen LogP contribution in [0, 0.1) is 0 Å². The fraction of sp³-hybridized carbons (Fsp3) is 0.429. The molecule has 1 fully saturated rings. The molecule has 0 aliphatic heterocycles. The van der Waals surface area contributed by atoms with Crippen LogP contribution < -0.4 is 26.0 Å². The third-order valence-electron chi connectivity index (χ3n) is 6.60. The number of hydroxylamine groups is 1. The summed E-state index contributed by atoms with van der Waals surface area (Å²) in [5.41, 5.74) is 9.81. The molecule has 1 aliphatic carbocycles. The maximum atomic E-state index is 12.1. The van der Waals surface area contributed by atoms with Crippen molar-refractivity contribution >= 4 is 33.3 Å². The average Bonchev–Trinajstić information content (AvgIpc) is 3.60. The molecular formula is C28H35N3O6S. The second-order valence-electron chi connectivity index (χ2n) is 9.45. The average molecular weight is 542 g/mol. The number of amides is 1. The molecule has 0 spiro atoms. The highest BCUT2D eigenvalue weighted by Crippen LogP contribution is 2.29. The third-order valence-corrected chi connectivity index (χ3v) is 7.70. The molecule has 0 unspecified atom stereocenters. The first kappa shape index (κ1) is 27.8. The van der Waals surface area contributed by atoms with Crippen LogP contribution in [0.25, 0.3) is 10.1 Å². The van der Waals surface area contributed by atoms with Crippen LogP contribution in [0.1, 0.15) is 59.3 Å². The number of benzene rings is 2. The molecule has 1 aliphatic rings. The summed E-state index contributed by atoms with van der Waals surface area (Å²) >= 11 is 1.34. The van der Waals surface area contributed by atoms with Crippen molar-refractivity contribution in [1.82, 2.24) is 10.8 Å². The summed E-state index contributed by atoms with van der Waals surface area (Å²) < 4.78 is 17.9. The molecule has 0 radical (unpaired) electrons. The molecule has 1 heterocycles. The molecule has 204 valence electrons. The van der Waals surface area contributed by atoms with E-state index in [1.165, 1.54) is 11.3 Å². The summed E-state index contributed by atoms with van der Waals surface area (Å²) in [7, 11) is 1.61. The number of hydrogen-bond acceptors (Lipinski definition) is 9. The number of thiophene rings is 1. The standard InChI is InChI=1S/C28H35N3O6S/c1-35-24-13-18(16-30-17-19-8-10-20-15-26(27(32)31-34)38-25(20)14-19)9-11-23(24)36-12-4-7-22(29)28(33)37-21-5-2-3-6-21/h8-11,13-15,21-22,30,34H,2-7,12,16-17,29H2,1H3,(H,31,32)/t22-/m0/s1. The fourth-order valence-corrected chi connectivity index (χ4v) is 5.52. The van der Waals surface area contributed by atoms with Crippen LogP contribution in [0.5, 0.6) is 11.5 Å². The maximum absolute atomic E-state index is 12.1. The molecule has 1 amide bonds. The third kappa shape index (κ3) is 7.44. The molecule has 5 N–H and O–H groups in total. The second-order valence-corrected chi connectivity index (χ2v) is 10.5. The number of fused-ring (bicyclic) bond motifs is 1. The van der Waals surface area contributed by atoms with Gasteiger partial charge < -0.3 is 25.3 Å². The molecular weight excluding hydrogens is 506 g/mol. The Balaban J connectivity index is 1.22. The van der Waals surface area contributed by atoms with E-state index >= 15 is 0 Å². The molecule has 0 bridgehead atoms. The summed E-state index contributed by atoms with van der Waals surface area (Å²) in [5, 5.41) is 13.2. The Labute approximate surface area is 226 Å². The number of nitrogens with two attached hydrogens (primary N) is 1. The highest BCUT2D eigenvalue weighted by Gasteiger charge is 2.23. The van der Waals surface area contributed by atoms with Crippen LogP contribution in [-0.4, -0.2) is 42.9 Å². The number of methoxy groups -OCH3 is 1. The predicted octanol–water partition coefficient (Wildman–Crippen LogP) is 4.29. The lowest BCUT2D eigenvalue weighted by atomic mass is 10.1. The molecule has 1 aromatic heterocycles. The van der Waals surface area contributed by atoms with Gasteiger partial charge in [0.1, 0.15) is 12.1 Å². The Bertz CT molecular complexity index is 1240. The van der Waals surface area contributed by atoms with E-state index in [0.29, 0.717) is 48.9 Å². The molecule has 1 atom stereocenters. The number of rotatable bonds is 13. The number of nitrogens with one attached hydrogen (secondary N) is 2. The first-order chi connectivity index (χ1) is 18.5. The van der Waals surface area contributed by atoms with Crippen molar-refractivity contribution in [3.05, 3.63) is 58.5 Å². The summed E-state index contributed by atoms with van der Waals surface area (Å²) in [6.07, 6.45) is 5.26. The van der Waals surface area contributed by atoms with Crippen molar-refractivity contribution in [1.29, 1.82) is 0 Å². The Morgan fingerprint density at radius 1 is 1.08 bits per heavy atom. The Morgan fingerprint density at radius 3 is 2.55 bits per heavy atom. The van der Waals surface area contributed by atoms with E-state index in [2.05, 4.69) is 5.32 Å². The summed E-state index contributed by atoms with van der Waals surface area (Å²) in [6.45, 7) is 1.71. The van der Waals surface area contributed by atoms with Crippen molar-refractivity contribution in [3.8, 4) is 11.5 Å². The maximum Gasteiger partial charge on any atom is 0.323 e. The Kier molecular flexibility index (Phi) is 9.94. The Morgan fingerprint density at radius 2 is 1.82 bits per heavy atom. The highest BCUT2D eigenvalue weighted by atomic mass is 32.1. The summed E-state index contributed by atoms with van der Waals surface area (Å²) in [5.74, 6) is 0.462. The van der Waals surface area contributed by atoms with Gasteiger partial charge in [-0.25, -0.2) is 5.48 Å². The van der Waals surface area contributed by atoms with Gasteiger partial charge in [0.05, 0.1) is 18.6 Å². The molecule has 1 saturated carbocycles. The van der Waals surface area contributed by atoms with Crippen molar-refractivity contribution in [2.24, 2.45) is 5.73 Å². The topological polar surface area (TPSA) is 132 Å². The van der Waals surface area contributed by atoms with Gasteiger partial charge >= 0.3 is 5.97 Å². The number of carbonyl (C=O) groups excluding carboxylic acids is 2.